The Hall–Kier alpha value is -1.43. The van der Waals surface area contributed by atoms with Gasteiger partial charge in [0.05, 0.1) is 0 Å². The third-order valence-corrected chi connectivity index (χ3v) is 4.64. The fourth-order valence-corrected chi connectivity index (χ4v) is 2.98. The van der Waals surface area contributed by atoms with E-state index in [-0.39, 0.29) is 5.91 Å². The molecule has 0 unspecified atom stereocenters. The topological polar surface area (TPSA) is 71.3 Å². The molecule has 1 aliphatic heterocycles. The molecule has 2 fully saturated rings. The lowest BCUT2D eigenvalue weighted by atomic mass is 10.1. The molecule has 1 aliphatic carbocycles. The van der Waals surface area contributed by atoms with Crippen LogP contribution in [-0.4, -0.2) is 46.6 Å². The summed E-state index contributed by atoms with van der Waals surface area (Å²) in [6, 6.07) is 0.505. The van der Waals surface area contributed by atoms with Crippen molar-refractivity contribution in [2.75, 3.05) is 19.6 Å². The number of aromatic nitrogens is 2. The standard InChI is InChI=1S/C16H26N4O2/c1-12(20-10-2-3-11-20)4-7-14(21)17-9-8-15-18-16(19-22-15)13-5-6-13/h12-13H,2-11H2,1H3,(H,17,21)/t12-/m1/s1. The SMILES string of the molecule is C[C@H](CCC(=O)NCCc1nc(C2CC2)no1)N1CCCC1. The summed E-state index contributed by atoms with van der Waals surface area (Å²) in [7, 11) is 0. The lowest BCUT2D eigenvalue weighted by Crippen LogP contribution is -2.32. The largest absolute Gasteiger partial charge is 0.356 e. The maximum Gasteiger partial charge on any atom is 0.228 e. The Bertz CT molecular complexity index is 492. The second kappa shape index (κ2) is 7.22. The monoisotopic (exact) mass is 306 g/mol. The third kappa shape index (κ3) is 4.29. The van der Waals surface area contributed by atoms with Gasteiger partial charge in [0.1, 0.15) is 0 Å². The zero-order valence-electron chi connectivity index (χ0n) is 13.4. The van der Waals surface area contributed by atoms with Gasteiger partial charge in [-0.1, -0.05) is 5.16 Å². The zero-order chi connectivity index (χ0) is 15.4. The van der Waals surface area contributed by atoms with E-state index in [1.54, 1.807) is 0 Å². The lowest BCUT2D eigenvalue weighted by Gasteiger charge is -2.23. The number of nitrogens with one attached hydrogen (secondary N) is 1. The highest BCUT2D eigenvalue weighted by atomic mass is 16.5. The minimum Gasteiger partial charge on any atom is -0.356 e. The van der Waals surface area contributed by atoms with Crippen molar-refractivity contribution in [2.24, 2.45) is 0 Å². The van der Waals surface area contributed by atoms with Crippen LogP contribution in [0.4, 0.5) is 0 Å². The summed E-state index contributed by atoms with van der Waals surface area (Å²) in [5.74, 6) is 2.10. The Labute approximate surface area is 131 Å². The van der Waals surface area contributed by atoms with Crippen LogP contribution in [0.15, 0.2) is 4.52 Å². The van der Waals surface area contributed by atoms with Crippen molar-refractivity contribution in [1.29, 1.82) is 0 Å². The van der Waals surface area contributed by atoms with E-state index >= 15 is 0 Å². The van der Waals surface area contributed by atoms with Crippen LogP contribution in [-0.2, 0) is 11.2 Å². The fraction of sp³-hybridized carbons (Fsp3) is 0.812. The van der Waals surface area contributed by atoms with Crippen LogP contribution in [0.25, 0.3) is 0 Å². The van der Waals surface area contributed by atoms with Crippen LogP contribution < -0.4 is 5.32 Å². The molecule has 1 saturated carbocycles. The summed E-state index contributed by atoms with van der Waals surface area (Å²) in [6.07, 6.45) is 7.07. The molecule has 1 N–H and O–H groups in total. The number of likely N-dealkylation sites (tertiary alicyclic amines) is 1. The summed E-state index contributed by atoms with van der Waals surface area (Å²) in [6.45, 7) is 5.16. The van der Waals surface area contributed by atoms with Gasteiger partial charge >= 0.3 is 0 Å². The molecule has 1 amide bonds. The Morgan fingerprint density at radius 1 is 1.41 bits per heavy atom. The number of nitrogens with zero attached hydrogens (tertiary/aromatic N) is 3. The highest BCUT2D eigenvalue weighted by Crippen LogP contribution is 2.38. The maximum absolute atomic E-state index is 11.9. The average Bonchev–Trinajstić information content (AvgIpc) is 3.03. The maximum atomic E-state index is 11.9. The molecule has 0 aromatic carbocycles. The minimum absolute atomic E-state index is 0.118. The molecular formula is C16H26N4O2. The average molecular weight is 306 g/mol. The molecular weight excluding hydrogens is 280 g/mol. The van der Waals surface area contributed by atoms with Crippen molar-refractivity contribution in [3.05, 3.63) is 11.7 Å². The van der Waals surface area contributed by atoms with Crippen LogP contribution in [0, 0.1) is 0 Å². The van der Waals surface area contributed by atoms with E-state index in [0.717, 1.165) is 12.2 Å². The first kappa shape index (κ1) is 15.5. The Balaban J connectivity index is 1.30. The molecule has 3 rings (SSSR count). The second-order valence-electron chi connectivity index (χ2n) is 6.55. The van der Waals surface area contributed by atoms with Crippen molar-refractivity contribution >= 4 is 5.91 Å². The van der Waals surface area contributed by atoms with Gasteiger partial charge in [0.15, 0.2) is 5.82 Å². The van der Waals surface area contributed by atoms with Gasteiger partial charge in [0.2, 0.25) is 11.8 Å². The number of carbonyl (C=O) groups is 1. The number of hydrogen-bond donors (Lipinski definition) is 1. The summed E-state index contributed by atoms with van der Waals surface area (Å²) in [5, 5.41) is 6.92. The molecule has 0 bridgehead atoms. The molecule has 1 atom stereocenters. The second-order valence-corrected chi connectivity index (χ2v) is 6.55. The van der Waals surface area contributed by atoms with Gasteiger partial charge in [0.25, 0.3) is 0 Å². The first-order valence-corrected chi connectivity index (χ1v) is 8.55. The smallest absolute Gasteiger partial charge is 0.228 e. The molecule has 1 aromatic heterocycles. The van der Waals surface area contributed by atoms with Gasteiger partial charge in [-0.2, -0.15) is 4.98 Å². The molecule has 6 heteroatoms. The van der Waals surface area contributed by atoms with Crippen molar-refractivity contribution in [3.63, 3.8) is 0 Å². The number of rotatable bonds is 8. The van der Waals surface area contributed by atoms with Gasteiger partial charge in [0, 0.05) is 31.3 Å². The van der Waals surface area contributed by atoms with Crippen molar-refractivity contribution in [1.82, 2.24) is 20.4 Å². The van der Waals surface area contributed by atoms with E-state index in [4.69, 9.17) is 4.52 Å². The summed E-state index contributed by atoms with van der Waals surface area (Å²) in [5.41, 5.74) is 0. The van der Waals surface area contributed by atoms with Crippen LogP contribution >= 0.6 is 0 Å². The van der Waals surface area contributed by atoms with Gasteiger partial charge in [-0.25, -0.2) is 0 Å². The molecule has 2 aliphatic rings. The van der Waals surface area contributed by atoms with E-state index in [0.29, 0.717) is 37.2 Å². The van der Waals surface area contributed by atoms with E-state index in [1.165, 1.54) is 38.8 Å². The van der Waals surface area contributed by atoms with Gasteiger partial charge < -0.3 is 14.7 Å². The number of carbonyl (C=O) groups excluding carboxylic acids is 1. The molecule has 1 aromatic rings. The predicted molar refractivity (Wildman–Crippen MR) is 82.5 cm³/mol. The van der Waals surface area contributed by atoms with Crippen LogP contribution in [0.1, 0.15) is 63.1 Å². The quantitative estimate of drug-likeness (QED) is 0.794. The molecule has 1 saturated heterocycles. The third-order valence-electron chi connectivity index (χ3n) is 4.64. The van der Waals surface area contributed by atoms with E-state index in [1.807, 2.05) is 0 Å². The number of amides is 1. The van der Waals surface area contributed by atoms with Crippen LogP contribution in [0.2, 0.25) is 0 Å². The highest BCUT2D eigenvalue weighted by Gasteiger charge is 2.28. The van der Waals surface area contributed by atoms with E-state index in [9.17, 15) is 4.79 Å². The Kier molecular flexibility index (Phi) is 5.08. The van der Waals surface area contributed by atoms with Gasteiger partial charge in [-0.3, -0.25) is 4.79 Å². The van der Waals surface area contributed by atoms with Crippen molar-refractivity contribution in [2.45, 2.75) is 63.8 Å². The first-order chi connectivity index (χ1) is 10.7. The predicted octanol–water partition coefficient (Wildman–Crippen LogP) is 1.87. The molecule has 6 nitrogen and oxygen atoms in total. The lowest BCUT2D eigenvalue weighted by molar-refractivity contribution is -0.121. The first-order valence-electron chi connectivity index (χ1n) is 8.55. The van der Waals surface area contributed by atoms with Crippen molar-refractivity contribution in [3.8, 4) is 0 Å². The Morgan fingerprint density at radius 3 is 2.91 bits per heavy atom. The van der Waals surface area contributed by atoms with Crippen LogP contribution in [0.5, 0.6) is 0 Å². The molecule has 2 heterocycles. The van der Waals surface area contributed by atoms with E-state index < -0.39 is 0 Å². The van der Waals surface area contributed by atoms with Crippen molar-refractivity contribution < 1.29 is 9.32 Å². The number of hydrogen-bond acceptors (Lipinski definition) is 5. The molecule has 0 radical (unpaired) electrons. The fourth-order valence-electron chi connectivity index (χ4n) is 2.98. The highest BCUT2D eigenvalue weighted by molar-refractivity contribution is 5.75. The summed E-state index contributed by atoms with van der Waals surface area (Å²) in [4.78, 5) is 18.7. The van der Waals surface area contributed by atoms with Crippen LogP contribution in [0.3, 0.4) is 0 Å². The van der Waals surface area contributed by atoms with E-state index in [2.05, 4.69) is 27.3 Å². The Morgan fingerprint density at radius 2 is 2.18 bits per heavy atom. The molecule has 122 valence electrons. The minimum atomic E-state index is 0.118. The molecule has 0 spiro atoms. The zero-order valence-corrected chi connectivity index (χ0v) is 13.4. The van der Waals surface area contributed by atoms with Gasteiger partial charge in [-0.15, -0.1) is 0 Å². The summed E-state index contributed by atoms with van der Waals surface area (Å²) >= 11 is 0. The van der Waals surface area contributed by atoms with Gasteiger partial charge in [-0.05, 0) is 52.1 Å². The molecule has 22 heavy (non-hydrogen) atoms. The summed E-state index contributed by atoms with van der Waals surface area (Å²) < 4.78 is 5.19. The normalized spacial score (nSPS) is 20.2.